The van der Waals surface area contributed by atoms with Crippen molar-refractivity contribution in [2.45, 2.75) is 57.0 Å². The van der Waals surface area contributed by atoms with Gasteiger partial charge in [-0.3, -0.25) is 4.79 Å². The maximum atomic E-state index is 12.6. The van der Waals surface area contributed by atoms with Gasteiger partial charge in [-0.2, -0.15) is 0 Å². The van der Waals surface area contributed by atoms with Crippen molar-refractivity contribution in [3.05, 3.63) is 23.8 Å². The van der Waals surface area contributed by atoms with Crippen molar-refractivity contribution >= 4 is 19.9 Å². The SMILES string of the molecule is CO[C@H]1c2cc(NC(=O)C3CCCNC3)ccc2O[C@@H](C(CCO)[Si](C)(C)O)[C@@H]1C. The fourth-order valence-electron chi connectivity index (χ4n) is 4.83. The second kappa shape index (κ2) is 9.78. The van der Waals surface area contributed by atoms with Crippen molar-refractivity contribution in [2.75, 3.05) is 32.1 Å². The molecule has 4 N–H and O–H groups in total. The van der Waals surface area contributed by atoms with Gasteiger partial charge < -0.3 is 30.0 Å². The van der Waals surface area contributed by atoms with Crippen LogP contribution in [-0.2, 0) is 9.53 Å². The number of aliphatic hydroxyl groups is 1. The Morgan fingerprint density at radius 2 is 2.20 bits per heavy atom. The first-order valence-electron chi connectivity index (χ1n) is 10.9. The van der Waals surface area contributed by atoms with E-state index in [1.54, 1.807) is 7.11 Å². The molecule has 7 nitrogen and oxygen atoms in total. The Kier molecular flexibility index (Phi) is 7.57. The lowest BCUT2D eigenvalue weighted by molar-refractivity contribution is -0.120. The van der Waals surface area contributed by atoms with Crippen LogP contribution in [-0.4, -0.2) is 57.0 Å². The first kappa shape index (κ1) is 23.2. The second-order valence-corrected chi connectivity index (χ2v) is 13.2. The van der Waals surface area contributed by atoms with Crippen LogP contribution in [0, 0.1) is 11.8 Å². The van der Waals surface area contributed by atoms with Gasteiger partial charge in [0.05, 0.1) is 12.0 Å². The minimum absolute atomic E-state index is 0.00790. The molecule has 8 heteroatoms. The third-order valence-corrected chi connectivity index (χ3v) is 8.94. The van der Waals surface area contributed by atoms with E-state index in [9.17, 15) is 14.7 Å². The van der Waals surface area contributed by atoms with Gasteiger partial charge in [-0.1, -0.05) is 6.92 Å². The number of anilines is 1. The third kappa shape index (κ3) is 5.05. The molecule has 168 valence electrons. The largest absolute Gasteiger partial charge is 0.490 e. The average Bonchev–Trinajstić information content (AvgIpc) is 2.72. The Hall–Kier alpha value is -1.45. The van der Waals surface area contributed by atoms with Gasteiger partial charge in [-0.15, -0.1) is 0 Å². The molecule has 2 aliphatic rings. The highest BCUT2D eigenvalue weighted by Gasteiger charge is 2.46. The molecule has 3 rings (SSSR count). The van der Waals surface area contributed by atoms with Gasteiger partial charge in [0.15, 0.2) is 8.32 Å². The zero-order valence-electron chi connectivity index (χ0n) is 18.5. The number of methoxy groups -OCH3 is 1. The van der Waals surface area contributed by atoms with Crippen LogP contribution in [0.15, 0.2) is 18.2 Å². The number of hydrogen-bond donors (Lipinski definition) is 4. The smallest absolute Gasteiger partial charge is 0.228 e. The van der Waals surface area contributed by atoms with Gasteiger partial charge in [0.1, 0.15) is 11.9 Å². The predicted octanol–water partition coefficient (Wildman–Crippen LogP) is 2.66. The first-order chi connectivity index (χ1) is 14.3. The summed E-state index contributed by atoms with van der Waals surface area (Å²) in [4.78, 5) is 23.4. The van der Waals surface area contributed by atoms with E-state index in [1.807, 2.05) is 31.3 Å². The maximum Gasteiger partial charge on any atom is 0.228 e. The van der Waals surface area contributed by atoms with Crippen LogP contribution in [0.1, 0.15) is 37.9 Å². The van der Waals surface area contributed by atoms with Crippen molar-refractivity contribution in [1.82, 2.24) is 5.32 Å². The van der Waals surface area contributed by atoms with Crippen molar-refractivity contribution in [3.63, 3.8) is 0 Å². The summed E-state index contributed by atoms with van der Waals surface area (Å²) in [7, 11) is -0.880. The number of piperidine rings is 1. The van der Waals surface area contributed by atoms with Gasteiger partial charge in [-0.25, -0.2) is 0 Å². The first-order valence-corrected chi connectivity index (χ1v) is 14.0. The summed E-state index contributed by atoms with van der Waals surface area (Å²) in [5, 5.41) is 15.9. The number of hydrogen-bond acceptors (Lipinski definition) is 6. The zero-order chi connectivity index (χ0) is 21.9. The van der Waals surface area contributed by atoms with Gasteiger partial charge in [0.25, 0.3) is 0 Å². The highest BCUT2D eigenvalue weighted by Crippen LogP contribution is 2.47. The molecule has 1 fully saturated rings. The lowest BCUT2D eigenvalue weighted by atomic mass is 9.86. The van der Waals surface area contributed by atoms with E-state index in [4.69, 9.17) is 9.47 Å². The molecule has 2 heterocycles. The average molecular weight is 437 g/mol. The van der Waals surface area contributed by atoms with Gasteiger partial charge in [-0.05, 0) is 57.1 Å². The Balaban J connectivity index is 1.83. The van der Waals surface area contributed by atoms with Crippen LogP contribution in [0.2, 0.25) is 18.6 Å². The molecule has 0 spiro atoms. The molecule has 5 atom stereocenters. The van der Waals surface area contributed by atoms with E-state index < -0.39 is 8.32 Å². The molecule has 0 aliphatic carbocycles. The van der Waals surface area contributed by atoms with Crippen LogP contribution >= 0.6 is 0 Å². The van der Waals surface area contributed by atoms with E-state index in [0.717, 1.165) is 30.6 Å². The summed E-state index contributed by atoms with van der Waals surface area (Å²) < 4.78 is 12.2. The Morgan fingerprint density at radius 1 is 1.43 bits per heavy atom. The molecule has 30 heavy (non-hydrogen) atoms. The molecule has 0 radical (unpaired) electrons. The van der Waals surface area contributed by atoms with Crippen molar-refractivity contribution < 1.29 is 24.2 Å². The molecule has 1 saturated heterocycles. The topological polar surface area (TPSA) is 100 Å². The van der Waals surface area contributed by atoms with E-state index in [0.29, 0.717) is 18.7 Å². The number of benzene rings is 1. The van der Waals surface area contributed by atoms with Crippen LogP contribution in [0.4, 0.5) is 5.69 Å². The van der Waals surface area contributed by atoms with E-state index in [1.165, 1.54) is 0 Å². The molecule has 1 aromatic rings. The molecular formula is C22H36N2O5Si. The molecule has 2 aliphatic heterocycles. The van der Waals surface area contributed by atoms with Gasteiger partial charge in [0, 0.05) is 43.0 Å². The molecule has 0 saturated carbocycles. The number of nitrogens with one attached hydrogen (secondary N) is 2. The Morgan fingerprint density at radius 3 is 2.80 bits per heavy atom. The standard InChI is InChI=1S/C22H36N2O5Si/c1-14-20(28-2)17-12-16(24-22(26)15-6-5-10-23-13-15)7-8-18(17)29-21(14)19(9-11-25)30(3,4)27/h7-8,12,14-15,19-21,23,25,27H,5-6,9-11,13H2,1-4H3,(H,24,26)/t14-,15?,19?,20-,21-/m1/s1. The molecule has 1 aromatic carbocycles. The van der Waals surface area contributed by atoms with Gasteiger partial charge in [0.2, 0.25) is 5.91 Å². The third-order valence-electron chi connectivity index (χ3n) is 6.51. The highest BCUT2D eigenvalue weighted by molar-refractivity contribution is 6.71. The summed E-state index contributed by atoms with van der Waals surface area (Å²) in [6.07, 6.45) is 1.96. The number of aliphatic hydroxyl groups excluding tert-OH is 1. The minimum atomic E-state index is -2.56. The van der Waals surface area contributed by atoms with E-state index in [-0.39, 0.29) is 42.1 Å². The monoisotopic (exact) mass is 436 g/mol. The van der Waals surface area contributed by atoms with Crippen LogP contribution < -0.4 is 15.4 Å². The normalized spacial score (nSPS) is 27.7. The quantitative estimate of drug-likeness (QED) is 0.491. The lowest BCUT2D eigenvalue weighted by Crippen LogP contribution is -2.48. The number of fused-ring (bicyclic) bond motifs is 1. The second-order valence-electron chi connectivity index (χ2n) is 9.16. The van der Waals surface area contributed by atoms with E-state index in [2.05, 4.69) is 17.6 Å². The Bertz CT molecular complexity index is 733. The summed E-state index contributed by atoms with van der Waals surface area (Å²) in [5.41, 5.74) is 1.53. The fourth-order valence-corrected chi connectivity index (χ4v) is 6.85. The van der Waals surface area contributed by atoms with Crippen molar-refractivity contribution in [2.24, 2.45) is 11.8 Å². The summed E-state index contributed by atoms with van der Waals surface area (Å²) in [5.74, 6) is 0.730. The van der Waals surface area contributed by atoms with Crippen LogP contribution in [0.25, 0.3) is 0 Å². The molecule has 0 aromatic heterocycles. The fraction of sp³-hybridized carbons (Fsp3) is 0.682. The van der Waals surface area contributed by atoms with Crippen molar-refractivity contribution in [3.8, 4) is 5.75 Å². The summed E-state index contributed by atoms with van der Waals surface area (Å²) in [6, 6.07) is 5.67. The number of carbonyl (C=O) groups excluding carboxylic acids is 1. The molecular weight excluding hydrogens is 400 g/mol. The van der Waals surface area contributed by atoms with Crippen molar-refractivity contribution in [1.29, 1.82) is 0 Å². The molecule has 0 bridgehead atoms. The maximum absolute atomic E-state index is 12.6. The predicted molar refractivity (Wildman–Crippen MR) is 119 cm³/mol. The lowest BCUT2D eigenvalue weighted by Gasteiger charge is -2.43. The van der Waals surface area contributed by atoms with Crippen LogP contribution in [0.3, 0.4) is 0 Å². The Labute approximate surface area is 180 Å². The summed E-state index contributed by atoms with van der Waals surface area (Å²) in [6.45, 7) is 7.54. The molecule has 2 unspecified atom stereocenters. The van der Waals surface area contributed by atoms with E-state index >= 15 is 0 Å². The summed E-state index contributed by atoms with van der Waals surface area (Å²) >= 11 is 0. The number of carbonyl (C=O) groups is 1. The van der Waals surface area contributed by atoms with Crippen LogP contribution in [0.5, 0.6) is 5.75 Å². The number of rotatable bonds is 7. The number of ether oxygens (including phenoxy) is 2. The van der Waals surface area contributed by atoms with Gasteiger partial charge >= 0.3 is 0 Å². The highest BCUT2D eigenvalue weighted by atomic mass is 28.4. The minimum Gasteiger partial charge on any atom is -0.490 e. The molecule has 1 amide bonds. The number of amides is 1. The zero-order valence-corrected chi connectivity index (χ0v) is 19.5.